The van der Waals surface area contributed by atoms with Gasteiger partial charge in [-0.2, -0.15) is 0 Å². The predicted octanol–water partition coefficient (Wildman–Crippen LogP) is 5.01. The van der Waals surface area contributed by atoms with Crippen LogP contribution in [0.2, 0.25) is 10.0 Å². The topological polar surface area (TPSA) is 20.3 Å². The summed E-state index contributed by atoms with van der Waals surface area (Å²) in [6, 6.07) is 8.76. The van der Waals surface area contributed by atoms with E-state index in [4.69, 9.17) is 23.2 Å². The van der Waals surface area contributed by atoms with E-state index in [1.165, 1.54) is 24.3 Å². The lowest BCUT2D eigenvalue weighted by Gasteiger charge is -2.24. The van der Waals surface area contributed by atoms with E-state index >= 15 is 0 Å². The molecule has 0 N–H and O–H groups in total. The number of hydrogen-bond donors (Lipinski definition) is 0. The molecule has 24 heavy (non-hydrogen) atoms. The van der Waals surface area contributed by atoms with E-state index in [0.29, 0.717) is 0 Å². The van der Waals surface area contributed by atoms with Gasteiger partial charge in [0.25, 0.3) is 0 Å². The highest BCUT2D eigenvalue weighted by Gasteiger charge is 2.33. The Morgan fingerprint density at radius 3 is 2.04 bits per heavy atom. The second kappa shape index (κ2) is 7.08. The van der Waals surface area contributed by atoms with Crippen LogP contribution in [-0.2, 0) is 17.8 Å². The van der Waals surface area contributed by atoms with E-state index in [1.807, 2.05) is 0 Å². The zero-order chi connectivity index (χ0) is 17.3. The maximum Gasteiger partial charge on any atom is 0.227 e. The van der Waals surface area contributed by atoms with Crippen LogP contribution in [0.25, 0.3) is 0 Å². The van der Waals surface area contributed by atoms with Crippen molar-refractivity contribution in [2.75, 3.05) is 0 Å². The summed E-state index contributed by atoms with van der Waals surface area (Å²) in [5.41, 5.74) is 0.438. The van der Waals surface area contributed by atoms with Gasteiger partial charge in [-0.1, -0.05) is 35.3 Å². The van der Waals surface area contributed by atoms with Crippen molar-refractivity contribution < 1.29 is 13.6 Å². The van der Waals surface area contributed by atoms with Crippen molar-refractivity contribution >= 4 is 29.1 Å². The molecule has 0 saturated heterocycles. The molecule has 0 radical (unpaired) electrons. The van der Waals surface area contributed by atoms with Crippen molar-refractivity contribution in [3.8, 4) is 0 Å². The zero-order valence-electron chi connectivity index (χ0n) is 12.7. The number of hydrogen-bond acceptors (Lipinski definition) is 1. The van der Waals surface area contributed by atoms with Crippen molar-refractivity contribution in [1.29, 1.82) is 0 Å². The molecular formula is C18H15Cl2F2NO. The lowest BCUT2D eigenvalue weighted by Crippen LogP contribution is -2.34. The molecule has 0 heterocycles. The molecule has 0 bridgehead atoms. The number of carbonyl (C=O) groups excluding carboxylic acids is 1. The number of carbonyl (C=O) groups is 1. The molecule has 1 amide bonds. The summed E-state index contributed by atoms with van der Waals surface area (Å²) >= 11 is 12.0. The molecule has 1 aliphatic carbocycles. The Bertz CT molecular complexity index is 737. The summed E-state index contributed by atoms with van der Waals surface area (Å²) in [5.74, 6) is -1.26. The fourth-order valence-electron chi connectivity index (χ4n) is 2.61. The third kappa shape index (κ3) is 3.70. The van der Waals surface area contributed by atoms with Gasteiger partial charge in [-0.25, -0.2) is 8.78 Å². The first-order valence-electron chi connectivity index (χ1n) is 7.62. The molecule has 2 aromatic carbocycles. The monoisotopic (exact) mass is 369 g/mol. The highest BCUT2D eigenvalue weighted by Crippen LogP contribution is 2.32. The van der Waals surface area contributed by atoms with Gasteiger partial charge in [0.2, 0.25) is 5.91 Å². The first-order chi connectivity index (χ1) is 11.5. The van der Waals surface area contributed by atoms with Gasteiger partial charge in [0.1, 0.15) is 11.6 Å². The Morgan fingerprint density at radius 1 is 1.00 bits per heavy atom. The summed E-state index contributed by atoms with van der Waals surface area (Å²) in [6.07, 6.45) is 1.54. The third-order valence-electron chi connectivity index (χ3n) is 4.09. The van der Waals surface area contributed by atoms with Gasteiger partial charge in [-0.3, -0.25) is 4.79 Å². The Hall–Kier alpha value is -1.65. The molecule has 0 spiro atoms. The quantitative estimate of drug-likeness (QED) is 0.725. The van der Waals surface area contributed by atoms with E-state index in [9.17, 15) is 13.6 Å². The number of rotatable bonds is 5. The summed E-state index contributed by atoms with van der Waals surface area (Å²) in [5, 5.41) is 0.486. The SMILES string of the molecule is O=C(Cc1c(F)cccc1Cl)N(Cc1c(F)cccc1Cl)C1CC1. The number of benzene rings is 2. The minimum atomic E-state index is -0.518. The van der Waals surface area contributed by atoms with E-state index in [-0.39, 0.29) is 46.1 Å². The van der Waals surface area contributed by atoms with Gasteiger partial charge in [0.05, 0.1) is 13.0 Å². The summed E-state index contributed by atoms with van der Waals surface area (Å²) < 4.78 is 27.9. The fourth-order valence-corrected chi connectivity index (χ4v) is 3.07. The molecule has 0 aliphatic heterocycles. The number of nitrogens with zero attached hydrogens (tertiary/aromatic N) is 1. The molecular weight excluding hydrogens is 355 g/mol. The molecule has 1 fully saturated rings. The van der Waals surface area contributed by atoms with Crippen LogP contribution in [0.15, 0.2) is 36.4 Å². The molecule has 2 nitrogen and oxygen atoms in total. The van der Waals surface area contributed by atoms with Gasteiger partial charge in [-0.15, -0.1) is 0 Å². The van der Waals surface area contributed by atoms with Crippen molar-refractivity contribution in [3.05, 3.63) is 69.2 Å². The summed E-state index contributed by atoms with van der Waals surface area (Å²) in [7, 11) is 0. The van der Waals surface area contributed by atoms with Crippen LogP contribution in [0, 0.1) is 11.6 Å². The normalized spacial score (nSPS) is 13.8. The Balaban J connectivity index is 1.82. The third-order valence-corrected chi connectivity index (χ3v) is 4.80. The molecule has 2 aromatic rings. The molecule has 0 atom stereocenters. The minimum absolute atomic E-state index is 0.0405. The van der Waals surface area contributed by atoms with Gasteiger partial charge in [-0.05, 0) is 37.1 Å². The van der Waals surface area contributed by atoms with Crippen molar-refractivity contribution in [2.45, 2.75) is 31.8 Å². The van der Waals surface area contributed by atoms with Crippen LogP contribution < -0.4 is 0 Å². The highest BCUT2D eigenvalue weighted by molar-refractivity contribution is 6.31. The average molecular weight is 370 g/mol. The minimum Gasteiger partial charge on any atom is -0.335 e. The molecule has 0 unspecified atom stereocenters. The van der Waals surface area contributed by atoms with E-state index in [2.05, 4.69) is 0 Å². The molecule has 0 aromatic heterocycles. The number of halogens is 4. The largest absolute Gasteiger partial charge is 0.335 e. The molecule has 6 heteroatoms. The van der Waals surface area contributed by atoms with Crippen LogP contribution in [0.4, 0.5) is 8.78 Å². The zero-order valence-corrected chi connectivity index (χ0v) is 14.2. The van der Waals surface area contributed by atoms with Gasteiger partial charge in [0.15, 0.2) is 0 Å². The smallest absolute Gasteiger partial charge is 0.227 e. The first-order valence-corrected chi connectivity index (χ1v) is 8.38. The van der Waals surface area contributed by atoms with Crippen molar-refractivity contribution in [2.24, 2.45) is 0 Å². The Labute approximate surface area is 149 Å². The van der Waals surface area contributed by atoms with E-state index in [1.54, 1.807) is 17.0 Å². The Kier molecular flexibility index (Phi) is 5.07. The van der Waals surface area contributed by atoms with Crippen LogP contribution in [0.5, 0.6) is 0 Å². The summed E-state index contributed by atoms with van der Waals surface area (Å²) in [4.78, 5) is 14.2. The number of amides is 1. The first kappa shape index (κ1) is 17.2. The van der Waals surface area contributed by atoms with E-state index in [0.717, 1.165) is 12.8 Å². The van der Waals surface area contributed by atoms with Crippen LogP contribution >= 0.6 is 23.2 Å². The van der Waals surface area contributed by atoms with Crippen molar-refractivity contribution in [1.82, 2.24) is 4.90 Å². The maximum atomic E-state index is 14.0. The van der Waals surface area contributed by atoms with Gasteiger partial charge >= 0.3 is 0 Å². The maximum absolute atomic E-state index is 14.0. The summed E-state index contributed by atoms with van der Waals surface area (Å²) in [6.45, 7) is 0.0705. The predicted molar refractivity (Wildman–Crippen MR) is 90.1 cm³/mol. The van der Waals surface area contributed by atoms with Gasteiger partial charge in [0, 0.05) is 27.2 Å². The van der Waals surface area contributed by atoms with Crippen LogP contribution in [-0.4, -0.2) is 16.8 Å². The second-order valence-corrected chi connectivity index (χ2v) is 6.64. The fraction of sp³-hybridized carbons (Fsp3) is 0.278. The van der Waals surface area contributed by atoms with Gasteiger partial charge < -0.3 is 4.90 Å². The Morgan fingerprint density at radius 2 is 1.54 bits per heavy atom. The molecule has 3 rings (SSSR count). The van der Waals surface area contributed by atoms with Crippen molar-refractivity contribution in [3.63, 3.8) is 0 Å². The second-order valence-electron chi connectivity index (χ2n) is 5.83. The van der Waals surface area contributed by atoms with Crippen LogP contribution in [0.3, 0.4) is 0 Å². The molecule has 126 valence electrons. The lowest BCUT2D eigenvalue weighted by molar-refractivity contribution is -0.131. The standard InChI is InChI=1S/C18H15Cl2F2NO/c19-14-3-1-5-16(21)12(14)9-18(24)23(11-7-8-11)10-13-15(20)4-2-6-17(13)22/h1-6,11H,7-10H2. The average Bonchev–Trinajstić information content (AvgIpc) is 3.35. The van der Waals surface area contributed by atoms with Crippen LogP contribution in [0.1, 0.15) is 24.0 Å². The molecule has 1 saturated carbocycles. The lowest BCUT2D eigenvalue weighted by atomic mass is 10.1. The molecule has 1 aliphatic rings. The van der Waals surface area contributed by atoms with E-state index < -0.39 is 11.6 Å². The highest BCUT2D eigenvalue weighted by atomic mass is 35.5.